The molecule has 0 saturated carbocycles. The third-order valence-corrected chi connectivity index (χ3v) is 4.52. The van der Waals surface area contributed by atoms with E-state index in [1.54, 1.807) is 0 Å². The Morgan fingerprint density at radius 1 is 0.708 bits per heavy atom. The number of rotatable bonds is 3. The van der Waals surface area contributed by atoms with Gasteiger partial charge in [-0.15, -0.1) is 0 Å². The van der Waals surface area contributed by atoms with Crippen LogP contribution >= 0.6 is 0 Å². The van der Waals surface area contributed by atoms with Crippen molar-refractivity contribution in [3.63, 3.8) is 0 Å². The fourth-order valence-corrected chi connectivity index (χ4v) is 3.41. The number of benzene rings is 2. The predicted molar refractivity (Wildman–Crippen MR) is 102 cm³/mol. The molecular formula is C21H27N3. The maximum Gasteiger partial charge on any atom is 0.211 e. The molecule has 0 atom stereocenters. The van der Waals surface area contributed by atoms with E-state index >= 15 is 0 Å². The van der Waals surface area contributed by atoms with Gasteiger partial charge >= 0.3 is 0 Å². The Hall–Kier alpha value is -2.29. The van der Waals surface area contributed by atoms with Crippen molar-refractivity contribution in [3.8, 4) is 0 Å². The second-order valence-corrected chi connectivity index (χ2v) is 7.07. The number of aromatic nitrogens is 2. The van der Waals surface area contributed by atoms with Crippen molar-refractivity contribution in [2.75, 3.05) is 0 Å². The molecule has 0 amide bonds. The highest BCUT2D eigenvalue weighted by Gasteiger charge is 2.16. The maximum absolute atomic E-state index is 5.15. The summed E-state index contributed by atoms with van der Waals surface area (Å²) in [6.07, 6.45) is 0. The van der Waals surface area contributed by atoms with Crippen LogP contribution in [-0.4, -0.2) is 9.13 Å². The van der Waals surface area contributed by atoms with E-state index in [1.165, 1.54) is 22.2 Å². The van der Waals surface area contributed by atoms with E-state index in [0.717, 1.165) is 11.3 Å². The quantitative estimate of drug-likeness (QED) is 0.612. The first kappa shape index (κ1) is 16.6. The van der Waals surface area contributed by atoms with Crippen LogP contribution in [0, 0.1) is 13.8 Å². The molecule has 0 aliphatic rings. The summed E-state index contributed by atoms with van der Waals surface area (Å²) in [5.74, 6) is 0. The minimum atomic E-state index is 0.345. The molecular weight excluding hydrogens is 294 g/mol. The number of hydrogen-bond donors (Lipinski definition) is 0. The molecule has 2 aromatic carbocycles. The summed E-state index contributed by atoms with van der Waals surface area (Å²) in [5, 5.41) is 0. The van der Waals surface area contributed by atoms with Gasteiger partial charge in [0.05, 0.1) is 16.7 Å². The van der Waals surface area contributed by atoms with E-state index in [2.05, 4.69) is 93.1 Å². The van der Waals surface area contributed by atoms with Crippen LogP contribution in [0.3, 0.4) is 0 Å². The summed E-state index contributed by atoms with van der Waals surface area (Å²) >= 11 is 0. The third kappa shape index (κ3) is 2.68. The molecule has 0 aliphatic heterocycles. The van der Waals surface area contributed by atoms with Gasteiger partial charge in [0.2, 0.25) is 5.62 Å². The molecule has 0 N–H and O–H groups in total. The average molecular weight is 321 g/mol. The molecule has 126 valence electrons. The number of nitrogens with zero attached hydrogens (tertiary/aromatic N) is 3. The van der Waals surface area contributed by atoms with Crippen molar-refractivity contribution in [2.45, 2.75) is 53.6 Å². The van der Waals surface area contributed by atoms with E-state index in [1.807, 2.05) is 0 Å². The van der Waals surface area contributed by atoms with Crippen molar-refractivity contribution in [1.29, 1.82) is 0 Å². The SMILES string of the molecule is Cc1cccc(C)c1N=c1n(C(C)C)c2ccccc2n1C(C)C. The second kappa shape index (κ2) is 6.31. The lowest BCUT2D eigenvalue weighted by molar-refractivity contribution is 0.521. The Balaban J connectivity index is 2.49. The topological polar surface area (TPSA) is 22.2 Å². The van der Waals surface area contributed by atoms with Crippen LogP contribution in [0.25, 0.3) is 11.0 Å². The number of aryl methyl sites for hydroxylation is 2. The number of para-hydroxylation sites is 3. The van der Waals surface area contributed by atoms with Gasteiger partial charge in [-0.2, -0.15) is 0 Å². The minimum absolute atomic E-state index is 0.345. The van der Waals surface area contributed by atoms with Crippen LogP contribution in [0.2, 0.25) is 0 Å². The fraction of sp³-hybridized carbons (Fsp3) is 0.381. The van der Waals surface area contributed by atoms with Gasteiger partial charge in [0.1, 0.15) is 0 Å². The molecule has 24 heavy (non-hydrogen) atoms. The molecule has 1 aromatic heterocycles. The zero-order chi connectivity index (χ0) is 17.4. The molecule has 1 heterocycles. The average Bonchev–Trinajstić information content (AvgIpc) is 2.85. The molecule has 0 spiro atoms. The normalized spacial score (nSPS) is 11.7. The molecule has 0 saturated heterocycles. The monoisotopic (exact) mass is 321 g/mol. The minimum Gasteiger partial charge on any atom is -0.307 e. The van der Waals surface area contributed by atoms with Gasteiger partial charge in [0.15, 0.2) is 0 Å². The maximum atomic E-state index is 5.15. The Labute approximate surface area is 144 Å². The van der Waals surface area contributed by atoms with Crippen LogP contribution in [-0.2, 0) is 0 Å². The van der Waals surface area contributed by atoms with Crippen molar-refractivity contribution in [1.82, 2.24) is 9.13 Å². The summed E-state index contributed by atoms with van der Waals surface area (Å²) in [5.41, 5.74) is 7.02. The van der Waals surface area contributed by atoms with Gasteiger partial charge < -0.3 is 9.13 Å². The zero-order valence-corrected chi connectivity index (χ0v) is 15.5. The van der Waals surface area contributed by atoms with Crippen molar-refractivity contribution >= 4 is 16.7 Å². The van der Waals surface area contributed by atoms with Gasteiger partial charge in [-0.3, -0.25) is 0 Å². The van der Waals surface area contributed by atoms with Crippen LogP contribution in [0.15, 0.2) is 47.5 Å². The summed E-state index contributed by atoms with van der Waals surface area (Å²) in [7, 11) is 0. The predicted octanol–water partition coefficient (Wildman–Crippen LogP) is 5.45. The first-order valence-electron chi connectivity index (χ1n) is 8.74. The van der Waals surface area contributed by atoms with Crippen LogP contribution in [0.4, 0.5) is 5.69 Å². The van der Waals surface area contributed by atoms with Crippen LogP contribution in [0.5, 0.6) is 0 Å². The van der Waals surface area contributed by atoms with Crippen molar-refractivity contribution in [2.24, 2.45) is 4.99 Å². The number of hydrogen-bond acceptors (Lipinski definition) is 1. The molecule has 3 rings (SSSR count). The molecule has 3 heteroatoms. The third-order valence-electron chi connectivity index (χ3n) is 4.52. The van der Waals surface area contributed by atoms with Crippen molar-refractivity contribution < 1.29 is 0 Å². The Kier molecular flexibility index (Phi) is 4.35. The van der Waals surface area contributed by atoms with Crippen LogP contribution < -0.4 is 5.62 Å². The lowest BCUT2D eigenvalue weighted by Crippen LogP contribution is -2.28. The van der Waals surface area contributed by atoms with Gasteiger partial charge in [-0.05, 0) is 64.8 Å². The van der Waals surface area contributed by atoms with Gasteiger partial charge in [-0.25, -0.2) is 4.99 Å². The molecule has 0 bridgehead atoms. The van der Waals surface area contributed by atoms with E-state index in [-0.39, 0.29) is 0 Å². The Morgan fingerprint density at radius 3 is 1.58 bits per heavy atom. The molecule has 0 fully saturated rings. The molecule has 0 aliphatic carbocycles. The molecule has 0 unspecified atom stereocenters. The van der Waals surface area contributed by atoms with Gasteiger partial charge in [0, 0.05) is 12.1 Å². The largest absolute Gasteiger partial charge is 0.307 e. The smallest absolute Gasteiger partial charge is 0.211 e. The van der Waals surface area contributed by atoms with Gasteiger partial charge in [-0.1, -0.05) is 30.3 Å². The zero-order valence-electron chi connectivity index (χ0n) is 15.5. The molecule has 3 nitrogen and oxygen atoms in total. The Morgan fingerprint density at radius 2 is 1.17 bits per heavy atom. The van der Waals surface area contributed by atoms with E-state index in [9.17, 15) is 0 Å². The van der Waals surface area contributed by atoms with Crippen LogP contribution in [0.1, 0.15) is 50.9 Å². The summed E-state index contributed by atoms with van der Waals surface area (Å²) in [4.78, 5) is 5.15. The highest BCUT2D eigenvalue weighted by molar-refractivity contribution is 5.76. The first-order valence-corrected chi connectivity index (χ1v) is 8.74. The van der Waals surface area contributed by atoms with E-state index in [4.69, 9.17) is 4.99 Å². The van der Waals surface area contributed by atoms with E-state index < -0.39 is 0 Å². The lowest BCUT2D eigenvalue weighted by atomic mass is 10.1. The molecule has 0 radical (unpaired) electrons. The summed E-state index contributed by atoms with van der Waals surface area (Å²) in [6, 6.07) is 15.6. The Bertz CT molecular complexity index is 871. The highest BCUT2D eigenvalue weighted by atomic mass is 15.2. The number of imidazole rings is 1. The van der Waals surface area contributed by atoms with Gasteiger partial charge in [0.25, 0.3) is 0 Å². The van der Waals surface area contributed by atoms with E-state index in [0.29, 0.717) is 12.1 Å². The fourth-order valence-electron chi connectivity index (χ4n) is 3.41. The van der Waals surface area contributed by atoms with Crippen molar-refractivity contribution in [3.05, 3.63) is 59.2 Å². The summed E-state index contributed by atoms with van der Waals surface area (Å²) < 4.78 is 4.70. The molecule has 3 aromatic rings. The number of fused-ring (bicyclic) bond motifs is 1. The summed E-state index contributed by atoms with van der Waals surface area (Å²) in [6.45, 7) is 13.2. The second-order valence-electron chi connectivity index (χ2n) is 7.07. The standard InChI is InChI=1S/C21H27N3/c1-14(2)23-18-12-7-8-13-19(18)24(15(3)4)21(23)22-20-16(5)10-9-11-17(20)6/h7-15H,1-6H3. The highest BCUT2D eigenvalue weighted by Crippen LogP contribution is 2.25. The first-order chi connectivity index (χ1) is 11.4. The lowest BCUT2D eigenvalue weighted by Gasteiger charge is -2.13.